The first-order chi connectivity index (χ1) is 6.38. The molecule has 0 atom stereocenters. The van der Waals surface area contributed by atoms with Crippen molar-refractivity contribution in [2.75, 3.05) is 13.2 Å². The lowest BCUT2D eigenvalue weighted by atomic mass is 9.97. The monoisotopic (exact) mass is 173 g/mol. The van der Waals surface area contributed by atoms with Crippen LogP contribution in [0.1, 0.15) is 11.1 Å². The Kier molecular flexibility index (Phi) is 1.49. The predicted octanol–water partition coefficient (Wildman–Crippen LogP) is 0.689. The molecule has 1 fully saturated rings. The predicted molar refractivity (Wildman–Crippen MR) is 51.6 cm³/mol. The first kappa shape index (κ1) is 7.54. The second-order valence-corrected chi connectivity index (χ2v) is 4.12. The van der Waals surface area contributed by atoms with Crippen LogP contribution in [0, 0.1) is 0 Å². The molecule has 1 radical (unpaired) electrons. The van der Waals surface area contributed by atoms with Gasteiger partial charge in [-0.25, -0.2) is 5.32 Å². The quantitative estimate of drug-likeness (QED) is 0.613. The Balaban J connectivity index is 1.96. The number of hydrogen-bond acceptors (Lipinski definition) is 1. The molecule has 0 aromatic heterocycles. The summed E-state index contributed by atoms with van der Waals surface area (Å²) >= 11 is 0. The lowest BCUT2D eigenvalue weighted by molar-refractivity contribution is 0.420. The van der Waals surface area contributed by atoms with E-state index in [9.17, 15) is 0 Å². The summed E-state index contributed by atoms with van der Waals surface area (Å²) in [6.07, 6.45) is 2.32. The van der Waals surface area contributed by atoms with Gasteiger partial charge in [0, 0.05) is 12.1 Å². The van der Waals surface area contributed by atoms with Crippen molar-refractivity contribution in [1.82, 2.24) is 10.6 Å². The third-order valence-corrected chi connectivity index (χ3v) is 3.16. The van der Waals surface area contributed by atoms with Crippen LogP contribution < -0.4 is 10.6 Å². The molecule has 1 N–H and O–H groups in total. The normalized spacial score (nSPS) is 23.7. The third-order valence-electron chi connectivity index (χ3n) is 3.16. The molecular formula is C11H13N2. The Bertz CT molecular complexity index is 300. The smallest absolute Gasteiger partial charge is 0.0629 e. The van der Waals surface area contributed by atoms with Crippen LogP contribution in [0.25, 0.3) is 0 Å². The molecule has 1 aliphatic carbocycles. The second-order valence-electron chi connectivity index (χ2n) is 4.12. The number of rotatable bonds is 0. The topological polar surface area (TPSA) is 26.1 Å². The minimum atomic E-state index is 0.281. The molecule has 0 unspecified atom stereocenters. The number of hydrogen-bond donors (Lipinski definition) is 1. The van der Waals surface area contributed by atoms with Crippen molar-refractivity contribution >= 4 is 0 Å². The first-order valence-corrected chi connectivity index (χ1v) is 4.83. The van der Waals surface area contributed by atoms with E-state index in [1.54, 1.807) is 0 Å². The summed E-state index contributed by atoms with van der Waals surface area (Å²) < 4.78 is 0. The minimum absolute atomic E-state index is 0.281. The molecule has 0 amide bonds. The number of benzene rings is 1. The van der Waals surface area contributed by atoms with Gasteiger partial charge in [-0.3, -0.25) is 5.32 Å². The van der Waals surface area contributed by atoms with E-state index in [2.05, 4.69) is 34.9 Å². The van der Waals surface area contributed by atoms with Gasteiger partial charge in [0.15, 0.2) is 0 Å². The highest BCUT2D eigenvalue weighted by molar-refractivity contribution is 5.37. The molecule has 3 rings (SSSR count). The van der Waals surface area contributed by atoms with E-state index in [1.165, 1.54) is 11.1 Å². The Morgan fingerprint density at radius 3 is 2.38 bits per heavy atom. The molecule has 0 saturated carbocycles. The zero-order chi connectivity index (χ0) is 8.73. The highest BCUT2D eigenvalue weighted by atomic mass is 15.2. The van der Waals surface area contributed by atoms with Crippen molar-refractivity contribution in [2.45, 2.75) is 18.4 Å². The van der Waals surface area contributed by atoms with E-state index in [1.807, 2.05) is 0 Å². The van der Waals surface area contributed by atoms with Crippen LogP contribution >= 0.6 is 0 Å². The fourth-order valence-corrected chi connectivity index (χ4v) is 2.48. The Labute approximate surface area is 78.3 Å². The average Bonchev–Trinajstić information content (AvgIpc) is 2.72. The Morgan fingerprint density at radius 1 is 1.15 bits per heavy atom. The minimum Gasteiger partial charge on any atom is -0.296 e. The van der Waals surface area contributed by atoms with Gasteiger partial charge in [-0.1, -0.05) is 24.3 Å². The molecule has 1 spiro atoms. The Morgan fingerprint density at radius 2 is 1.85 bits per heavy atom. The fourth-order valence-electron chi connectivity index (χ4n) is 2.48. The van der Waals surface area contributed by atoms with E-state index in [4.69, 9.17) is 0 Å². The lowest BCUT2D eigenvalue weighted by Gasteiger charge is -2.21. The fraction of sp³-hybridized carbons (Fsp3) is 0.455. The lowest BCUT2D eigenvalue weighted by Crippen LogP contribution is -2.43. The van der Waals surface area contributed by atoms with Crippen molar-refractivity contribution in [2.24, 2.45) is 0 Å². The molecule has 1 aromatic rings. The standard InChI is InChI=1S/C11H13N2/c1-2-4-10-6-11(5-9(10)3-1)7-12-8-13-11/h1-4,13H,5-8H2. The van der Waals surface area contributed by atoms with Crippen LogP contribution in [0.4, 0.5) is 0 Å². The van der Waals surface area contributed by atoms with Crippen molar-refractivity contribution in [3.8, 4) is 0 Å². The molecule has 0 bridgehead atoms. The SMILES string of the molecule is c1ccc2c(c1)CC1(C[N]CN1)C2. The highest BCUT2D eigenvalue weighted by Gasteiger charge is 2.39. The van der Waals surface area contributed by atoms with Gasteiger partial charge in [-0.05, 0) is 24.0 Å². The molecule has 1 aromatic carbocycles. The number of fused-ring (bicyclic) bond motifs is 1. The summed E-state index contributed by atoms with van der Waals surface area (Å²) in [5.74, 6) is 0. The first-order valence-electron chi connectivity index (χ1n) is 4.83. The van der Waals surface area contributed by atoms with E-state index < -0.39 is 0 Å². The van der Waals surface area contributed by atoms with E-state index in [0.29, 0.717) is 0 Å². The summed E-state index contributed by atoms with van der Waals surface area (Å²) in [4.78, 5) is 0. The molecular weight excluding hydrogens is 160 g/mol. The van der Waals surface area contributed by atoms with E-state index >= 15 is 0 Å². The summed E-state index contributed by atoms with van der Waals surface area (Å²) in [7, 11) is 0. The van der Waals surface area contributed by atoms with Crippen LogP contribution in [0.2, 0.25) is 0 Å². The zero-order valence-electron chi connectivity index (χ0n) is 7.59. The Hall–Kier alpha value is -0.860. The molecule has 2 nitrogen and oxygen atoms in total. The highest BCUT2D eigenvalue weighted by Crippen LogP contribution is 2.30. The molecule has 2 aliphatic rings. The zero-order valence-corrected chi connectivity index (χ0v) is 7.59. The van der Waals surface area contributed by atoms with Crippen molar-refractivity contribution in [1.29, 1.82) is 0 Å². The number of nitrogens with zero attached hydrogens (tertiary/aromatic N) is 1. The van der Waals surface area contributed by atoms with Gasteiger partial charge in [0.2, 0.25) is 0 Å². The number of nitrogens with one attached hydrogen (secondary N) is 1. The van der Waals surface area contributed by atoms with Crippen LogP contribution in [-0.2, 0) is 12.8 Å². The molecule has 67 valence electrons. The molecule has 1 aliphatic heterocycles. The summed E-state index contributed by atoms with van der Waals surface area (Å²) in [5.41, 5.74) is 3.29. The van der Waals surface area contributed by atoms with Gasteiger partial charge in [0.25, 0.3) is 0 Å². The maximum atomic E-state index is 4.39. The van der Waals surface area contributed by atoms with Gasteiger partial charge in [-0.2, -0.15) is 0 Å². The second kappa shape index (κ2) is 2.56. The van der Waals surface area contributed by atoms with Gasteiger partial charge in [0.05, 0.1) is 6.67 Å². The van der Waals surface area contributed by atoms with Crippen LogP contribution in [0.3, 0.4) is 0 Å². The van der Waals surface area contributed by atoms with Crippen LogP contribution in [0.15, 0.2) is 24.3 Å². The average molecular weight is 173 g/mol. The maximum absolute atomic E-state index is 4.39. The van der Waals surface area contributed by atoms with Gasteiger partial charge in [0.1, 0.15) is 0 Å². The van der Waals surface area contributed by atoms with Gasteiger partial charge < -0.3 is 0 Å². The summed E-state index contributed by atoms with van der Waals surface area (Å²) in [6, 6.07) is 8.74. The molecule has 1 heterocycles. The molecule has 1 saturated heterocycles. The largest absolute Gasteiger partial charge is 0.296 e. The van der Waals surface area contributed by atoms with Crippen molar-refractivity contribution in [3.63, 3.8) is 0 Å². The van der Waals surface area contributed by atoms with Crippen LogP contribution in [0.5, 0.6) is 0 Å². The van der Waals surface area contributed by atoms with Crippen LogP contribution in [-0.4, -0.2) is 18.8 Å². The van der Waals surface area contributed by atoms with Crippen molar-refractivity contribution < 1.29 is 0 Å². The van der Waals surface area contributed by atoms with Gasteiger partial charge >= 0.3 is 0 Å². The van der Waals surface area contributed by atoms with E-state index in [-0.39, 0.29) is 5.54 Å². The third kappa shape index (κ3) is 1.10. The van der Waals surface area contributed by atoms with Crippen molar-refractivity contribution in [3.05, 3.63) is 35.4 Å². The summed E-state index contributed by atoms with van der Waals surface area (Å²) in [6.45, 7) is 1.83. The maximum Gasteiger partial charge on any atom is 0.0629 e. The van der Waals surface area contributed by atoms with Gasteiger partial charge in [-0.15, -0.1) is 0 Å². The molecule has 2 heteroatoms. The van der Waals surface area contributed by atoms with E-state index in [0.717, 1.165) is 26.1 Å². The molecule has 13 heavy (non-hydrogen) atoms. The summed E-state index contributed by atoms with van der Waals surface area (Å²) in [5, 5.41) is 7.90.